The Balaban J connectivity index is 3.59. The Labute approximate surface area is 213 Å². The summed E-state index contributed by atoms with van der Waals surface area (Å²) in [6, 6.07) is 0. The molecule has 10 heteroatoms. The normalized spacial score (nSPS) is 13.4. The SMILES string of the molecule is CCCCCCCCCCCCCCCCCCSCC(COP(=O)(O)O)OCCS(C)(=O)=O. The predicted octanol–water partition coefficient (Wildman–Crippen LogP) is 6.52. The second kappa shape index (κ2) is 22.6. The van der Waals surface area contributed by atoms with Crippen molar-refractivity contribution in [3.05, 3.63) is 0 Å². The van der Waals surface area contributed by atoms with Crippen molar-refractivity contribution in [2.24, 2.45) is 0 Å². The first-order chi connectivity index (χ1) is 16.1. The third-order valence-corrected chi connectivity index (χ3v) is 8.26. The van der Waals surface area contributed by atoms with Crippen molar-refractivity contribution in [3.63, 3.8) is 0 Å². The highest BCUT2D eigenvalue weighted by Crippen LogP contribution is 2.36. The van der Waals surface area contributed by atoms with E-state index in [1.807, 2.05) is 0 Å². The van der Waals surface area contributed by atoms with Gasteiger partial charge >= 0.3 is 7.82 Å². The lowest BCUT2D eigenvalue weighted by Crippen LogP contribution is -2.25. The molecule has 1 unspecified atom stereocenters. The summed E-state index contributed by atoms with van der Waals surface area (Å²) in [7, 11) is -7.71. The van der Waals surface area contributed by atoms with Crippen LogP contribution in [0.15, 0.2) is 0 Å². The fourth-order valence-electron chi connectivity index (χ4n) is 3.66. The number of unbranched alkanes of at least 4 members (excludes halogenated alkanes) is 15. The van der Waals surface area contributed by atoms with E-state index in [9.17, 15) is 13.0 Å². The van der Waals surface area contributed by atoms with E-state index in [0.717, 1.165) is 18.4 Å². The Bertz CT molecular complexity index is 596. The molecule has 0 aromatic carbocycles. The molecule has 0 aliphatic carbocycles. The molecule has 0 aliphatic rings. The molecule has 0 heterocycles. The Hall–Kier alpha value is 0.370. The molecular weight excluding hydrogens is 495 g/mol. The summed E-state index contributed by atoms with van der Waals surface area (Å²) in [6.07, 6.45) is 22.0. The summed E-state index contributed by atoms with van der Waals surface area (Å²) >= 11 is 1.65. The number of hydrogen-bond donors (Lipinski definition) is 2. The number of ether oxygens (including phenoxy) is 1. The highest BCUT2D eigenvalue weighted by atomic mass is 32.2. The molecule has 0 saturated carbocycles. The molecule has 0 rings (SSSR count). The number of phosphoric ester groups is 1. The molecule has 2 N–H and O–H groups in total. The molecule has 0 spiro atoms. The van der Waals surface area contributed by atoms with Gasteiger partial charge in [0.05, 0.1) is 25.1 Å². The summed E-state index contributed by atoms with van der Waals surface area (Å²) in [4.78, 5) is 17.8. The van der Waals surface area contributed by atoms with Gasteiger partial charge in [0.1, 0.15) is 9.84 Å². The minimum absolute atomic E-state index is 0.00632. The van der Waals surface area contributed by atoms with Crippen LogP contribution in [-0.4, -0.2) is 61.0 Å². The van der Waals surface area contributed by atoms with Crippen molar-refractivity contribution >= 4 is 29.4 Å². The van der Waals surface area contributed by atoms with Crippen LogP contribution in [0, 0.1) is 0 Å². The molecule has 7 nitrogen and oxygen atoms in total. The van der Waals surface area contributed by atoms with Crippen molar-refractivity contribution in [2.75, 3.05) is 36.7 Å². The lowest BCUT2D eigenvalue weighted by atomic mass is 10.0. The van der Waals surface area contributed by atoms with Gasteiger partial charge < -0.3 is 14.5 Å². The summed E-state index contributed by atoms with van der Waals surface area (Å²) in [5, 5.41) is 0. The highest BCUT2D eigenvalue weighted by Gasteiger charge is 2.19. The summed E-state index contributed by atoms with van der Waals surface area (Å²) in [5.41, 5.74) is 0. The van der Waals surface area contributed by atoms with Crippen LogP contribution in [-0.2, 0) is 23.7 Å². The summed E-state index contributed by atoms with van der Waals surface area (Å²) in [5.74, 6) is 1.34. The van der Waals surface area contributed by atoms with Gasteiger partial charge in [0.2, 0.25) is 0 Å². The summed E-state index contributed by atoms with van der Waals surface area (Å²) in [6.45, 7) is 2.01. The van der Waals surface area contributed by atoms with Gasteiger partial charge in [-0.1, -0.05) is 103 Å². The number of rotatable bonds is 26. The Kier molecular flexibility index (Phi) is 22.8. The second-order valence-electron chi connectivity index (χ2n) is 9.29. The second-order valence-corrected chi connectivity index (χ2v) is 13.9. The van der Waals surface area contributed by atoms with Gasteiger partial charge in [0, 0.05) is 12.0 Å². The fraction of sp³-hybridized carbons (Fsp3) is 1.00. The fourth-order valence-corrected chi connectivity index (χ4v) is 5.45. The third kappa shape index (κ3) is 28.6. The largest absolute Gasteiger partial charge is 0.469 e. The molecule has 0 radical (unpaired) electrons. The van der Waals surface area contributed by atoms with Gasteiger partial charge in [0.25, 0.3) is 0 Å². The number of thioether (sulfide) groups is 1. The number of sulfone groups is 1. The molecule has 0 amide bonds. The average Bonchev–Trinajstić information content (AvgIpc) is 2.74. The van der Waals surface area contributed by atoms with Crippen molar-refractivity contribution in [3.8, 4) is 0 Å². The van der Waals surface area contributed by atoms with E-state index in [1.54, 1.807) is 11.8 Å². The van der Waals surface area contributed by atoms with E-state index >= 15 is 0 Å². The molecule has 0 aromatic heterocycles. The number of hydrogen-bond acceptors (Lipinski definition) is 6. The Morgan fingerprint density at radius 1 is 0.794 bits per heavy atom. The average molecular weight is 547 g/mol. The molecule has 0 aromatic rings. The van der Waals surface area contributed by atoms with E-state index in [2.05, 4.69) is 11.4 Å². The van der Waals surface area contributed by atoms with Crippen LogP contribution in [0.25, 0.3) is 0 Å². The van der Waals surface area contributed by atoms with Gasteiger partial charge in [-0.25, -0.2) is 13.0 Å². The van der Waals surface area contributed by atoms with Crippen LogP contribution in [0.5, 0.6) is 0 Å². The van der Waals surface area contributed by atoms with Gasteiger partial charge in [-0.15, -0.1) is 0 Å². The maximum Gasteiger partial charge on any atom is 0.469 e. The maximum absolute atomic E-state index is 11.2. The van der Waals surface area contributed by atoms with Crippen LogP contribution < -0.4 is 0 Å². The maximum atomic E-state index is 11.2. The monoisotopic (exact) mass is 546 g/mol. The third-order valence-electron chi connectivity index (χ3n) is 5.68. The molecule has 1 atom stereocenters. The summed E-state index contributed by atoms with van der Waals surface area (Å²) < 4.78 is 43.4. The molecule has 34 heavy (non-hydrogen) atoms. The smallest absolute Gasteiger partial charge is 0.374 e. The number of phosphoric acid groups is 1. The van der Waals surface area contributed by atoms with Crippen molar-refractivity contribution in [1.82, 2.24) is 0 Å². The first-order valence-electron chi connectivity index (χ1n) is 13.2. The van der Waals surface area contributed by atoms with Crippen LogP contribution in [0.2, 0.25) is 0 Å². The van der Waals surface area contributed by atoms with Crippen LogP contribution in [0.1, 0.15) is 110 Å². The minimum Gasteiger partial charge on any atom is -0.374 e. The van der Waals surface area contributed by atoms with Crippen LogP contribution >= 0.6 is 19.6 Å². The van der Waals surface area contributed by atoms with Gasteiger partial charge in [0.15, 0.2) is 0 Å². The zero-order chi connectivity index (χ0) is 25.5. The van der Waals surface area contributed by atoms with Gasteiger partial charge in [-0.05, 0) is 12.2 Å². The molecule has 0 saturated heterocycles. The Morgan fingerprint density at radius 2 is 1.24 bits per heavy atom. The van der Waals surface area contributed by atoms with Crippen LogP contribution in [0.4, 0.5) is 0 Å². The van der Waals surface area contributed by atoms with Crippen molar-refractivity contribution in [1.29, 1.82) is 0 Å². The zero-order valence-electron chi connectivity index (χ0n) is 21.6. The van der Waals surface area contributed by atoms with E-state index in [1.165, 1.54) is 96.3 Å². The van der Waals surface area contributed by atoms with Gasteiger partial charge in [-0.2, -0.15) is 11.8 Å². The molecule has 0 aliphatic heterocycles. The van der Waals surface area contributed by atoms with E-state index < -0.39 is 23.8 Å². The molecule has 0 fully saturated rings. The quantitative estimate of drug-likeness (QED) is 0.0932. The Morgan fingerprint density at radius 3 is 1.65 bits per heavy atom. The topological polar surface area (TPSA) is 110 Å². The van der Waals surface area contributed by atoms with E-state index in [-0.39, 0.29) is 19.0 Å². The lowest BCUT2D eigenvalue weighted by molar-refractivity contribution is 0.0342. The highest BCUT2D eigenvalue weighted by molar-refractivity contribution is 7.99. The lowest BCUT2D eigenvalue weighted by Gasteiger charge is -2.18. The van der Waals surface area contributed by atoms with Crippen molar-refractivity contribution < 1.29 is 32.0 Å². The first kappa shape index (κ1) is 34.4. The van der Waals surface area contributed by atoms with E-state index in [0.29, 0.717) is 5.75 Å². The predicted molar refractivity (Wildman–Crippen MR) is 144 cm³/mol. The van der Waals surface area contributed by atoms with Crippen molar-refractivity contribution in [2.45, 2.75) is 116 Å². The minimum atomic E-state index is -4.57. The molecule has 206 valence electrons. The standard InChI is InChI=1S/C24H51O7PS2/c1-3-4-5-6-7-8-9-10-11-12-13-14-15-16-17-18-20-33-23-24(22-31-32(25,26)27)30-19-21-34(2,28)29/h24H,3-23H2,1-2H3,(H2,25,26,27). The molecule has 0 bridgehead atoms. The van der Waals surface area contributed by atoms with Gasteiger partial charge in [-0.3, -0.25) is 4.52 Å². The molecular formula is C24H51O7PS2. The van der Waals surface area contributed by atoms with Crippen LogP contribution in [0.3, 0.4) is 0 Å². The first-order valence-corrected chi connectivity index (χ1v) is 18.0. The van der Waals surface area contributed by atoms with E-state index in [4.69, 9.17) is 14.5 Å². The zero-order valence-corrected chi connectivity index (χ0v) is 24.2.